The molecular formula is C17H16BrF2N3O. The predicted molar refractivity (Wildman–Crippen MR) is 93.3 cm³/mol. The normalized spacial score (nSPS) is 14.6. The lowest BCUT2D eigenvalue weighted by Crippen LogP contribution is -2.50. The Bertz CT molecular complexity index is 711. The fourth-order valence-electron chi connectivity index (χ4n) is 2.62. The Hall–Kier alpha value is -2.15. The van der Waals surface area contributed by atoms with E-state index in [2.05, 4.69) is 26.1 Å². The van der Waals surface area contributed by atoms with Gasteiger partial charge in [-0.05, 0) is 36.4 Å². The van der Waals surface area contributed by atoms with Crippen LogP contribution in [0.1, 0.15) is 0 Å². The molecule has 2 amide bonds. The first kappa shape index (κ1) is 16.7. The molecule has 1 heterocycles. The summed E-state index contributed by atoms with van der Waals surface area (Å²) in [7, 11) is 0. The third kappa shape index (κ3) is 3.67. The molecule has 24 heavy (non-hydrogen) atoms. The van der Waals surface area contributed by atoms with Crippen LogP contribution in [0.4, 0.5) is 25.0 Å². The van der Waals surface area contributed by atoms with Crippen molar-refractivity contribution in [1.82, 2.24) is 4.90 Å². The molecule has 0 aliphatic carbocycles. The fraction of sp³-hybridized carbons (Fsp3) is 0.235. The van der Waals surface area contributed by atoms with Crippen molar-refractivity contribution >= 4 is 33.3 Å². The highest BCUT2D eigenvalue weighted by atomic mass is 79.9. The smallest absolute Gasteiger partial charge is 0.322 e. The van der Waals surface area contributed by atoms with Gasteiger partial charge in [0.1, 0.15) is 17.3 Å². The average Bonchev–Trinajstić information content (AvgIpc) is 2.59. The number of anilines is 2. The fourth-order valence-corrected chi connectivity index (χ4v) is 2.89. The van der Waals surface area contributed by atoms with E-state index in [0.29, 0.717) is 26.2 Å². The van der Waals surface area contributed by atoms with Crippen LogP contribution in [0.25, 0.3) is 0 Å². The lowest BCUT2D eigenvalue weighted by atomic mass is 10.2. The highest BCUT2D eigenvalue weighted by molar-refractivity contribution is 9.10. The van der Waals surface area contributed by atoms with E-state index < -0.39 is 23.4 Å². The molecule has 126 valence electrons. The number of hydrogen-bond donors (Lipinski definition) is 1. The molecule has 2 aromatic rings. The second-order valence-corrected chi connectivity index (χ2v) is 6.39. The van der Waals surface area contributed by atoms with E-state index in [1.165, 1.54) is 6.07 Å². The first-order valence-electron chi connectivity index (χ1n) is 7.55. The zero-order valence-electron chi connectivity index (χ0n) is 12.8. The summed E-state index contributed by atoms with van der Waals surface area (Å²) in [4.78, 5) is 15.9. The van der Waals surface area contributed by atoms with Crippen molar-refractivity contribution in [2.75, 3.05) is 36.4 Å². The Morgan fingerprint density at radius 3 is 2.12 bits per heavy atom. The maximum atomic E-state index is 13.6. The predicted octanol–water partition coefficient (Wildman–Crippen LogP) is 4.08. The number of urea groups is 1. The number of rotatable bonds is 2. The van der Waals surface area contributed by atoms with E-state index in [1.54, 1.807) is 4.90 Å². The molecule has 7 heteroatoms. The molecule has 1 aliphatic rings. The number of carbonyl (C=O) groups excluding carboxylic acids is 1. The van der Waals surface area contributed by atoms with Crippen LogP contribution in [0.3, 0.4) is 0 Å². The summed E-state index contributed by atoms with van der Waals surface area (Å²) in [5.74, 6) is -1.56. The van der Waals surface area contributed by atoms with Crippen LogP contribution in [-0.4, -0.2) is 37.1 Å². The molecule has 1 N–H and O–H groups in total. The molecule has 4 nitrogen and oxygen atoms in total. The second kappa shape index (κ2) is 7.17. The van der Waals surface area contributed by atoms with E-state index >= 15 is 0 Å². The van der Waals surface area contributed by atoms with Gasteiger partial charge in [0, 0.05) is 36.3 Å². The molecular weight excluding hydrogens is 380 g/mol. The summed E-state index contributed by atoms with van der Waals surface area (Å²) in [6.45, 7) is 2.29. The van der Waals surface area contributed by atoms with Crippen molar-refractivity contribution in [2.45, 2.75) is 0 Å². The summed E-state index contributed by atoms with van der Waals surface area (Å²) in [5.41, 5.74) is 0.677. The van der Waals surface area contributed by atoms with Crippen molar-refractivity contribution in [3.8, 4) is 0 Å². The Balaban J connectivity index is 1.60. The van der Waals surface area contributed by atoms with E-state index in [4.69, 9.17) is 0 Å². The third-order valence-corrected chi connectivity index (χ3v) is 4.48. The van der Waals surface area contributed by atoms with Crippen molar-refractivity contribution in [3.05, 3.63) is 58.6 Å². The summed E-state index contributed by atoms with van der Waals surface area (Å²) >= 11 is 3.40. The van der Waals surface area contributed by atoms with Gasteiger partial charge in [0.05, 0.1) is 0 Å². The molecule has 0 spiro atoms. The first-order valence-corrected chi connectivity index (χ1v) is 8.34. The van der Waals surface area contributed by atoms with Gasteiger partial charge in [0.2, 0.25) is 0 Å². The molecule has 0 radical (unpaired) electrons. The van der Waals surface area contributed by atoms with Gasteiger partial charge in [-0.1, -0.05) is 22.0 Å². The molecule has 0 aromatic heterocycles. The van der Waals surface area contributed by atoms with Crippen LogP contribution >= 0.6 is 15.9 Å². The third-order valence-electron chi connectivity index (χ3n) is 3.95. The maximum absolute atomic E-state index is 13.6. The molecule has 0 atom stereocenters. The van der Waals surface area contributed by atoms with Crippen LogP contribution in [0.15, 0.2) is 46.9 Å². The number of nitrogens with zero attached hydrogens (tertiary/aromatic N) is 2. The number of piperazine rings is 1. The molecule has 1 saturated heterocycles. The lowest BCUT2D eigenvalue weighted by Gasteiger charge is -2.36. The van der Waals surface area contributed by atoms with Crippen molar-refractivity contribution in [3.63, 3.8) is 0 Å². The van der Waals surface area contributed by atoms with E-state index in [-0.39, 0.29) is 0 Å². The van der Waals surface area contributed by atoms with Gasteiger partial charge in [-0.3, -0.25) is 0 Å². The number of nitrogens with one attached hydrogen (secondary N) is 1. The van der Waals surface area contributed by atoms with E-state index in [9.17, 15) is 13.6 Å². The molecule has 0 saturated carbocycles. The quantitative estimate of drug-likeness (QED) is 0.831. The Morgan fingerprint density at radius 2 is 1.54 bits per heavy atom. The van der Waals surface area contributed by atoms with Crippen LogP contribution in [0.5, 0.6) is 0 Å². The van der Waals surface area contributed by atoms with Gasteiger partial charge >= 0.3 is 6.03 Å². The topological polar surface area (TPSA) is 35.6 Å². The van der Waals surface area contributed by atoms with E-state index in [1.807, 2.05) is 24.3 Å². The van der Waals surface area contributed by atoms with Crippen molar-refractivity contribution < 1.29 is 13.6 Å². The summed E-state index contributed by atoms with van der Waals surface area (Å²) in [6, 6.07) is 11.0. The van der Waals surface area contributed by atoms with Gasteiger partial charge in [-0.25, -0.2) is 13.6 Å². The minimum absolute atomic E-state index is 0.405. The van der Waals surface area contributed by atoms with Gasteiger partial charge < -0.3 is 15.1 Å². The largest absolute Gasteiger partial charge is 0.368 e. The van der Waals surface area contributed by atoms with Crippen LogP contribution in [-0.2, 0) is 0 Å². The van der Waals surface area contributed by atoms with Gasteiger partial charge in [-0.2, -0.15) is 0 Å². The molecule has 1 aliphatic heterocycles. The number of hydrogen-bond acceptors (Lipinski definition) is 2. The monoisotopic (exact) mass is 395 g/mol. The van der Waals surface area contributed by atoms with Gasteiger partial charge in [0.25, 0.3) is 0 Å². The number of amides is 2. The molecule has 0 bridgehead atoms. The molecule has 1 fully saturated rings. The zero-order valence-corrected chi connectivity index (χ0v) is 14.4. The summed E-state index contributed by atoms with van der Waals surface area (Å²) in [6.07, 6.45) is 0. The van der Waals surface area contributed by atoms with Crippen LogP contribution in [0, 0.1) is 11.6 Å². The van der Waals surface area contributed by atoms with Crippen molar-refractivity contribution in [2.24, 2.45) is 0 Å². The Kier molecular flexibility index (Phi) is 4.99. The average molecular weight is 396 g/mol. The van der Waals surface area contributed by atoms with E-state index in [0.717, 1.165) is 22.3 Å². The Morgan fingerprint density at radius 1 is 0.958 bits per heavy atom. The zero-order chi connectivity index (χ0) is 17.1. The summed E-state index contributed by atoms with van der Waals surface area (Å²) < 4.78 is 28.2. The lowest BCUT2D eigenvalue weighted by molar-refractivity contribution is 0.208. The van der Waals surface area contributed by atoms with Gasteiger partial charge in [0.15, 0.2) is 0 Å². The van der Waals surface area contributed by atoms with Crippen LogP contribution in [0.2, 0.25) is 0 Å². The molecule has 3 rings (SSSR count). The standard InChI is InChI=1S/C17H16BrF2N3O/c18-12-4-6-13(7-5-12)22-8-10-23(11-9-22)17(24)21-16-14(19)2-1-3-15(16)20/h1-7H,8-11H2,(H,21,24). The Labute approximate surface area is 147 Å². The SMILES string of the molecule is O=C(Nc1c(F)cccc1F)N1CCN(c2ccc(Br)cc2)CC1. The summed E-state index contributed by atoms with van der Waals surface area (Å²) in [5, 5.41) is 2.32. The highest BCUT2D eigenvalue weighted by Gasteiger charge is 2.23. The number of halogens is 3. The number of benzene rings is 2. The number of carbonyl (C=O) groups is 1. The minimum Gasteiger partial charge on any atom is -0.368 e. The first-order chi connectivity index (χ1) is 11.5. The molecule has 2 aromatic carbocycles. The van der Waals surface area contributed by atoms with Crippen molar-refractivity contribution in [1.29, 1.82) is 0 Å². The van der Waals surface area contributed by atoms with Gasteiger partial charge in [-0.15, -0.1) is 0 Å². The number of para-hydroxylation sites is 1. The minimum atomic E-state index is -0.781. The van der Waals surface area contributed by atoms with Crippen LogP contribution < -0.4 is 10.2 Å². The second-order valence-electron chi connectivity index (χ2n) is 5.48. The maximum Gasteiger partial charge on any atom is 0.322 e. The highest BCUT2D eigenvalue weighted by Crippen LogP contribution is 2.21. The molecule has 0 unspecified atom stereocenters.